The fourth-order valence-electron chi connectivity index (χ4n) is 0.908. The molecule has 0 saturated carbocycles. The molecule has 4 nitrogen and oxygen atoms in total. The van der Waals surface area contributed by atoms with Gasteiger partial charge in [-0.2, -0.15) is 9.63 Å². The Morgan fingerprint density at radius 3 is 2.69 bits per heavy atom. The third-order valence-corrected chi connectivity index (χ3v) is 2.13. The van der Waals surface area contributed by atoms with E-state index in [1.165, 1.54) is 0 Å². The van der Waals surface area contributed by atoms with Crippen LogP contribution in [0.2, 0.25) is 5.02 Å². The molecule has 86 valence electrons. The lowest BCUT2D eigenvalue weighted by Crippen LogP contribution is -2.09. The lowest BCUT2D eigenvalue weighted by atomic mass is 10.3. The number of halogens is 2. The summed E-state index contributed by atoms with van der Waals surface area (Å²) in [6.07, 6.45) is 1.01. The van der Waals surface area contributed by atoms with Gasteiger partial charge in [0.05, 0.1) is 12.3 Å². The maximum absolute atomic E-state index is 11.0. The molecule has 0 atom stereocenters. The van der Waals surface area contributed by atoms with Crippen molar-refractivity contribution in [2.24, 2.45) is 5.10 Å². The molecule has 0 N–H and O–H groups in total. The number of rotatable bonds is 4. The van der Waals surface area contributed by atoms with E-state index in [0.29, 0.717) is 17.3 Å². The van der Waals surface area contributed by atoms with Gasteiger partial charge in [-0.25, -0.2) is 4.79 Å². The molecule has 1 aromatic carbocycles. The second-order valence-corrected chi connectivity index (χ2v) is 3.49. The third-order valence-electron chi connectivity index (χ3n) is 1.59. The van der Waals surface area contributed by atoms with E-state index >= 15 is 0 Å². The van der Waals surface area contributed by atoms with Gasteiger partial charge in [0.15, 0.2) is 0 Å². The summed E-state index contributed by atoms with van der Waals surface area (Å²) in [5, 5.41) is 4.30. The fraction of sp³-hybridized carbons (Fsp3) is 0.200. The highest BCUT2D eigenvalue weighted by Crippen LogP contribution is 2.19. The number of hydrogen-bond acceptors (Lipinski definition) is 4. The minimum absolute atomic E-state index is 0.300. The summed E-state index contributed by atoms with van der Waals surface area (Å²) < 4.78 is 5.69. The van der Waals surface area contributed by atoms with Crippen molar-refractivity contribution in [3.8, 4) is 0 Å². The quantitative estimate of drug-likeness (QED) is 0.362. The Morgan fingerprint density at radius 1 is 1.50 bits per heavy atom. The molecule has 0 saturated heterocycles. The van der Waals surface area contributed by atoms with Crippen LogP contribution in [0.1, 0.15) is 6.92 Å². The SMILES string of the molecule is CCOC(=O)C=NN(Cl)c1ccc(Cl)cc1. The van der Waals surface area contributed by atoms with Gasteiger partial charge in [-0.1, -0.05) is 11.6 Å². The molecule has 0 spiro atoms. The van der Waals surface area contributed by atoms with Crippen LogP contribution in [0.15, 0.2) is 29.4 Å². The number of esters is 1. The average molecular weight is 261 g/mol. The zero-order chi connectivity index (χ0) is 12.0. The highest BCUT2D eigenvalue weighted by Gasteiger charge is 2.02. The predicted octanol–water partition coefficient (Wildman–Crippen LogP) is 2.85. The van der Waals surface area contributed by atoms with Crippen LogP contribution in [0.25, 0.3) is 0 Å². The number of ether oxygens (including phenoxy) is 1. The molecule has 0 bridgehead atoms. The highest BCUT2D eigenvalue weighted by molar-refractivity contribution is 6.31. The van der Waals surface area contributed by atoms with Crippen molar-refractivity contribution >= 4 is 41.2 Å². The van der Waals surface area contributed by atoms with Crippen molar-refractivity contribution in [3.63, 3.8) is 0 Å². The van der Waals surface area contributed by atoms with Gasteiger partial charge >= 0.3 is 5.97 Å². The maximum atomic E-state index is 11.0. The minimum Gasteiger partial charge on any atom is -0.462 e. The molecule has 0 amide bonds. The van der Waals surface area contributed by atoms with E-state index < -0.39 is 5.97 Å². The van der Waals surface area contributed by atoms with Crippen molar-refractivity contribution in [3.05, 3.63) is 29.3 Å². The summed E-state index contributed by atoms with van der Waals surface area (Å²) in [7, 11) is 0. The topological polar surface area (TPSA) is 41.9 Å². The van der Waals surface area contributed by atoms with Crippen LogP contribution >= 0.6 is 23.4 Å². The molecule has 1 aromatic rings. The van der Waals surface area contributed by atoms with Gasteiger partial charge in [-0.3, -0.25) is 0 Å². The summed E-state index contributed by atoms with van der Waals surface area (Å²) >= 11 is 11.5. The number of hydrazone groups is 1. The average Bonchev–Trinajstić information content (AvgIpc) is 2.27. The molecule has 0 aromatic heterocycles. The Bertz CT molecular complexity index is 379. The summed E-state index contributed by atoms with van der Waals surface area (Å²) in [5.74, 6) is -0.540. The van der Waals surface area contributed by atoms with Gasteiger partial charge in [0.2, 0.25) is 0 Å². The lowest BCUT2D eigenvalue weighted by molar-refractivity contribution is -0.134. The van der Waals surface area contributed by atoms with Crippen molar-refractivity contribution in [2.75, 3.05) is 11.1 Å². The highest BCUT2D eigenvalue weighted by atomic mass is 35.5. The Morgan fingerprint density at radius 2 is 2.12 bits per heavy atom. The standard InChI is InChI=1S/C10H10Cl2N2O2/c1-2-16-10(15)7-13-14(12)9-5-3-8(11)4-6-9/h3-7H,2H2,1H3. The van der Waals surface area contributed by atoms with E-state index in [9.17, 15) is 4.79 Å². The van der Waals surface area contributed by atoms with Gasteiger partial charge in [0.1, 0.15) is 6.21 Å². The first-order valence-electron chi connectivity index (χ1n) is 4.55. The van der Waals surface area contributed by atoms with Gasteiger partial charge in [0, 0.05) is 16.8 Å². The molecule has 0 aliphatic carbocycles. The summed E-state index contributed by atoms with van der Waals surface area (Å²) in [5.41, 5.74) is 0.603. The van der Waals surface area contributed by atoms with Gasteiger partial charge in [0.25, 0.3) is 0 Å². The van der Waals surface area contributed by atoms with Gasteiger partial charge in [-0.05, 0) is 31.2 Å². The molecule has 16 heavy (non-hydrogen) atoms. The monoisotopic (exact) mass is 260 g/mol. The maximum Gasteiger partial charge on any atom is 0.351 e. The van der Waals surface area contributed by atoms with Crippen LogP contribution in [-0.4, -0.2) is 18.8 Å². The molecule has 0 radical (unpaired) electrons. The zero-order valence-corrected chi connectivity index (χ0v) is 10.1. The van der Waals surface area contributed by atoms with Crippen LogP contribution in [0.5, 0.6) is 0 Å². The number of carbonyl (C=O) groups is 1. The number of nitrogens with zero attached hydrogens (tertiary/aromatic N) is 2. The Hall–Kier alpha value is -1.26. The molecule has 1 rings (SSSR count). The van der Waals surface area contributed by atoms with Gasteiger partial charge < -0.3 is 4.74 Å². The second kappa shape index (κ2) is 6.35. The largest absolute Gasteiger partial charge is 0.462 e. The van der Waals surface area contributed by atoms with Crippen molar-refractivity contribution in [1.82, 2.24) is 0 Å². The van der Waals surface area contributed by atoms with Crippen molar-refractivity contribution in [1.29, 1.82) is 0 Å². The van der Waals surface area contributed by atoms with E-state index in [0.717, 1.165) is 10.7 Å². The van der Waals surface area contributed by atoms with Gasteiger partial charge in [-0.15, -0.1) is 0 Å². The summed E-state index contributed by atoms with van der Waals surface area (Å²) in [6, 6.07) is 6.70. The summed E-state index contributed by atoms with van der Waals surface area (Å²) in [4.78, 5) is 11.0. The molecule has 0 heterocycles. The molecular formula is C10H10Cl2N2O2. The van der Waals surface area contributed by atoms with Crippen molar-refractivity contribution < 1.29 is 9.53 Å². The van der Waals surface area contributed by atoms with E-state index in [4.69, 9.17) is 23.4 Å². The van der Waals surface area contributed by atoms with Crippen LogP contribution in [0.4, 0.5) is 5.69 Å². The Kier molecular flexibility index (Phi) is 5.08. The normalized spacial score (nSPS) is 10.4. The number of benzene rings is 1. The molecule has 6 heteroatoms. The van der Waals surface area contributed by atoms with E-state index in [-0.39, 0.29) is 0 Å². The van der Waals surface area contributed by atoms with Crippen LogP contribution in [0.3, 0.4) is 0 Å². The second-order valence-electron chi connectivity index (χ2n) is 2.73. The van der Waals surface area contributed by atoms with Crippen LogP contribution in [0, 0.1) is 0 Å². The van der Waals surface area contributed by atoms with E-state index in [1.54, 1.807) is 31.2 Å². The minimum atomic E-state index is -0.540. The Labute approximate surface area is 104 Å². The molecule has 0 aliphatic heterocycles. The lowest BCUT2D eigenvalue weighted by Gasteiger charge is -2.08. The first-order chi connectivity index (χ1) is 7.63. The number of carbonyl (C=O) groups excluding carboxylic acids is 1. The smallest absolute Gasteiger partial charge is 0.351 e. The van der Waals surface area contributed by atoms with E-state index in [2.05, 4.69) is 9.84 Å². The third kappa shape index (κ3) is 4.08. The zero-order valence-electron chi connectivity index (χ0n) is 8.56. The Balaban J connectivity index is 2.61. The molecule has 0 fully saturated rings. The number of hydrogen-bond donors (Lipinski definition) is 0. The van der Waals surface area contributed by atoms with Crippen LogP contribution < -0.4 is 4.53 Å². The van der Waals surface area contributed by atoms with Crippen LogP contribution in [-0.2, 0) is 9.53 Å². The molecular weight excluding hydrogens is 251 g/mol. The molecule has 0 unspecified atom stereocenters. The fourth-order valence-corrected chi connectivity index (χ4v) is 1.19. The summed E-state index contributed by atoms with van der Waals surface area (Å²) in [6.45, 7) is 2.01. The molecule has 0 aliphatic rings. The van der Waals surface area contributed by atoms with E-state index in [1.807, 2.05) is 0 Å². The first-order valence-corrected chi connectivity index (χ1v) is 5.27. The predicted molar refractivity (Wildman–Crippen MR) is 64.9 cm³/mol. The van der Waals surface area contributed by atoms with Crippen molar-refractivity contribution in [2.45, 2.75) is 6.92 Å². The first kappa shape index (κ1) is 12.8. The number of anilines is 1.